The number of aromatic hydroxyl groups is 1. The Labute approximate surface area is 113 Å². The molecule has 2 aromatic rings. The third-order valence-corrected chi connectivity index (χ3v) is 2.95. The maximum atomic E-state index is 9.77. The summed E-state index contributed by atoms with van der Waals surface area (Å²) < 4.78 is 5.13. The Hall–Kier alpha value is -2.29. The summed E-state index contributed by atoms with van der Waals surface area (Å²) in [6.45, 7) is 2.02. The highest BCUT2D eigenvalue weighted by molar-refractivity contribution is 5.84. The Bertz CT molecular complexity index is 564. The molecule has 1 unspecified atom stereocenters. The van der Waals surface area contributed by atoms with Gasteiger partial charge in [0, 0.05) is 11.8 Å². The lowest BCUT2D eigenvalue weighted by Crippen LogP contribution is -1.92. The molecule has 0 saturated carbocycles. The van der Waals surface area contributed by atoms with E-state index in [1.54, 1.807) is 31.5 Å². The predicted octanol–water partition coefficient (Wildman–Crippen LogP) is 3.58. The number of hydrogen-bond acceptors (Lipinski definition) is 3. The Balaban J connectivity index is 2.18. The molecule has 0 radical (unpaired) electrons. The molecule has 98 valence electrons. The summed E-state index contributed by atoms with van der Waals surface area (Å²) in [5, 5.41) is 9.77. The van der Waals surface area contributed by atoms with Crippen molar-refractivity contribution in [3.63, 3.8) is 0 Å². The third kappa shape index (κ3) is 3.35. The van der Waals surface area contributed by atoms with E-state index in [4.69, 9.17) is 4.74 Å². The fourth-order valence-electron chi connectivity index (χ4n) is 1.77. The molecule has 1 N–H and O–H groups in total. The zero-order valence-electron chi connectivity index (χ0n) is 11.1. The van der Waals surface area contributed by atoms with Crippen LogP contribution in [0.4, 0.5) is 0 Å². The van der Waals surface area contributed by atoms with Gasteiger partial charge in [0.2, 0.25) is 0 Å². The van der Waals surface area contributed by atoms with Gasteiger partial charge in [-0.3, -0.25) is 4.99 Å². The number of rotatable bonds is 4. The van der Waals surface area contributed by atoms with Gasteiger partial charge >= 0.3 is 0 Å². The van der Waals surface area contributed by atoms with Crippen molar-refractivity contribution < 1.29 is 9.84 Å². The molecule has 3 nitrogen and oxygen atoms in total. The van der Waals surface area contributed by atoms with Gasteiger partial charge in [0.25, 0.3) is 0 Å². The molecule has 0 aliphatic carbocycles. The summed E-state index contributed by atoms with van der Waals surface area (Å²) >= 11 is 0. The number of hydrogen-bond donors (Lipinski definition) is 1. The van der Waals surface area contributed by atoms with Crippen molar-refractivity contribution in [2.75, 3.05) is 7.11 Å². The summed E-state index contributed by atoms with van der Waals surface area (Å²) in [5.74, 6) is 0.899. The van der Waals surface area contributed by atoms with Crippen molar-refractivity contribution >= 4 is 6.21 Å². The summed E-state index contributed by atoms with van der Waals surface area (Å²) in [6.07, 6.45) is 1.68. The van der Waals surface area contributed by atoms with Crippen LogP contribution < -0.4 is 4.74 Å². The van der Waals surface area contributed by atoms with Crippen molar-refractivity contribution in [1.29, 1.82) is 0 Å². The summed E-state index contributed by atoms with van der Waals surface area (Å²) in [6, 6.07) is 15.2. The molecule has 0 saturated heterocycles. The monoisotopic (exact) mass is 255 g/mol. The normalized spacial score (nSPS) is 12.5. The van der Waals surface area contributed by atoms with Crippen molar-refractivity contribution in [2.45, 2.75) is 13.0 Å². The van der Waals surface area contributed by atoms with E-state index in [0.29, 0.717) is 11.3 Å². The maximum Gasteiger partial charge on any atom is 0.124 e. The smallest absolute Gasteiger partial charge is 0.124 e. The quantitative estimate of drug-likeness (QED) is 0.848. The summed E-state index contributed by atoms with van der Waals surface area (Å²) in [4.78, 5) is 4.46. The van der Waals surface area contributed by atoms with Gasteiger partial charge in [-0.25, -0.2) is 0 Å². The van der Waals surface area contributed by atoms with Gasteiger partial charge in [-0.05, 0) is 30.7 Å². The molecule has 0 aromatic heterocycles. The fourth-order valence-corrected chi connectivity index (χ4v) is 1.77. The minimum Gasteiger partial charge on any atom is -0.507 e. The largest absolute Gasteiger partial charge is 0.507 e. The van der Waals surface area contributed by atoms with Crippen molar-refractivity contribution in [3.8, 4) is 11.5 Å². The molecular weight excluding hydrogens is 238 g/mol. The highest BCUT2D eigenvalue weighted by atomic mass is 16.5. The van der Waals surface area contributed by atoms with Gasteiger partial charge in [0.15, 0.2) is 0 Å². The topological polar surface area (TPSA) is 41.8 Å². The summed E-state index contributed by atoms with van der Waals surface area (Å²) in [7, 11) is 1.60. The number of methoxy groups -OCH3 is 1. The van der Waals surface area contributed by atoms with Crippen LogP contribution >= 0.6 is 0 Å². The molecule has 0 bridgehead atoms. The lowest BCUT2D eigenvalue weighted by Gasteiger charge is -2.07. The van der Waals surface area contributed by atoms with E-state index in [1.165, 1.54) is 0 Å². The zero-order valence-corrected chi connectivity index (χ0v) is 11.1. The lowest BCUT2D eigenvalue weighted by atomic mass is 10.1. The zero-order chi connectivity index (χ0) is 13.7. The van der Waals surface area contributed by atoms with E-state index >= 15 is 0 Å². The highest BCUT2D eigenvalue weighted by Gasteiger charge is 2.03. The number of ether oxygens (including phenoxy) is 1. The third-order valence-electron chi connectivity index (χ3n) is 2.95. The van der Waals surface area contributed by atoms with Crippen LogP contribution in [0.15, 0.2) is 53.5 Å². The second kappa shape index (κ2) is 6.05. The van der Waals surface area contributed by atoms with Crippen LogP contribution in [-0.4, -0.2) is 18.4 Å². The average molecular weight is 255 g/mol. The summed E-state index contributed by atoms with van der Waals surface area (Å²) in [5.41, 5.74) is 1.79. The SMILES string of the molecule is COc1ccc(O)c(C=NC(C)c2ccccc2)c1. The van der Waals surface area contributed by atoms with E-state index in [2.05, 4.69) is 4.99 Å². The maximum absolute atomic E-state index is 9.77. The molecule has 19 heavy (non-hydrogen) atoms. The Kier molecular flexibility index (Phi) is 4.18. The first-order valence-corrected chi connectivity index (χ1v) is 6.16. The van der Waals surface area contributed by atoms with E-state index in [9.17, 15) is 5.11 Å². The molecule has 3 heteroatoms. The van der Waals surface area contributed by atoms with E-state index < -0.39 is 0 Å². The van der Waals surface area contributed by atoms with Crippen molar-refractivity contribution in [3.05, 3.63) is 59.7 Å². The van der Waals surface area contributed by atoms with Crippen LogP contribution in [0, 0.1) is 0 Å². The van der Waals surface area contributed by atoms with Crippen molar-refractivity contribution in [2.24, 2.45) is 4.99 Å². The second-order valence-electron chi connectivity index (χ2n) is 4.29. The standard InChI is InChI=1S/C16H17NO2/c1-12(13-6-4-3-5-7-13)17-11-14-10-15(19-2)8-9-16(14)18/h3-12,18H,1-2H3. The Morgan fingerprint density at radius 2 is 1.89 bits per heavy atom. The molecule has 2 rings (SSSR count). The van der Waals surface area contributed by atoms with Crippen LogP contribution in [0.3, 0.4) is 0 Å². The molecule has 0 amide bonds. The molecule has 0 aliphatic rings. The van der Waals surface area contributed by atoms with Gasteiger partial charge in [-0.1, -0.05) is 30.3 Å². The van der Waals surface area contributed by atoms with E-state index in [0.717, 1.165) is 5.56 Å². The Morgan fingerprint density at radius 3 is 2.58 bits per heavy atom. The van der Waals surface area contributed by atoms with Gasteiger partial charge in [0.05, 0.1) is 13.2 Å². The van der Waals surface area contributed by atoms with Crippen LogP contribution in [0.2, 0.25) is 0 Å². The number of benzene rings is 2. The number of phenolic OH excluding ortho intramolecular Hbond substituents is 1. The Morgan fingerprint density at radius 1 is 1.16 bits per heavy atom. The molecule has 2 aromatic carbocycles. The first-order chi connectivity index (χ1) is 9.20. The predicted molar refractivity (Wildman–Crippen MR) is 77.1 cm³/mol. The number of nitrogens with zero attached hydrogens (tertiary/aromatic N) is 1. The highest BCUT2D eigenvalue weighted by Crippen LogP contribution is 2.22. The second-order valence-corrected chi connectivity index (χ2v) is 4.29. The minimum absolute atomic E-state index is 0.0480. The van der Waals surface area contributed by atoms with Gasteiger partial charge in [0.1, 0.15) is 11.5 Å². The first kappa shape index (κ1) is 13.1. The first-order valence-electron chi connectivity index (χ1n) is 6.16. The molecule has 0 fully saturated rings. The van der Waals surface area contributed by atoms with Gasteiger partial charge < -0.3 is 9.84 Å². The van der Waals surface area contributed by atoms with Gasteiger partial charge in [-0.2, -0.15) is 0 Å². The molecule has 0 spiro atoms. The number of phenols is 1. The molecular formula is C16H17NO2. The molecule has 1 atom stereocenters. The molecule has 0 aliphatic heterocycles. The lowest BCUT2D eigenvalue weighted by molar-refractivity contribution is 0.412. The van der Waals surface area contributed by atoms with E-state index in [-0.39, 0.29) is 11.8 Å². The van der Waals surface area contributed by atoms with Crippen molar-refractivity contribution in [1.82, 2.24) is 0 Å². The van der Waals surface area contributed by atoms with Crippen LogP contribution in [-0.2, 0) is 0 Å². The average Bonchev–Trinajstić information content (AvgIpc) is 2.47. The molecule has 0 heterocycles. The number of aliphatic imine (C=N–C) groups is 1. The van der Waals surface area contributed by atoms with Gasteiger partial charge in [-0.15, -0.1) is 0 Å². The van der Waals surface area contributed by atoms with Crippen LogP contribution in [0.5, 0.6) is 11.5 Å². The van der Waals surface area contributed by atoms with E-state index in [1.807, 2.05) is 37.3 Å². The fraction of sp³-hybridized carbons (Fsp3) is 0.188. The minimum atomic E-state index is 0.0480. The van der Waals surface area contributed by atoms with Crippen LogP contribution in [0.25, 0.3) is 0 Å². The van der Waals surface area contributed by atoms with Crippen LogP contribution in [0.1, 0.15) is 24.1 Å².